The molecule has 0 aliphatic carbocycles. The van der Waals surface area contributed by atoms with Gasteiger partial charge in [0.15, 0.2) is 5.78 Å². The summed E-state index contributed by atoms with van der Waals surface area (Å²) < 4.78 is 7.09. The van der Waals surface area contributed by atoms with Crippen LogP contribution in [-0.2, 0) is 6.54 Å². The minimum atomic E-state index is 0.169. The van der Waals surface area contributed by atoms with Crippen molar-refractivity contribution in [1.29, 1.82) is 0 Å². The number of aromatic nitrogens is 2. The molecule has 2 heterocycles. The van der Waals surface area contributed by atoms with Gasteiger partial charge in [-0.3, -0.25) is 4.79 Å². The van der Waals surface area contributed by atoms with E-state index in [0.717, 1.165) is 22.6 Å². The van der Waals surface area contributed by atoms with E-state index in [1.54, 1.807) is 0 Å². The number of carbonyl (C=O) groups is 1. The largest absolute Gasteiger partial charge is 0.361 e. The zero-order chi connectivity index (χ0) is 12.4. The fourth-order valence-corrected chi connectivity index (χ4v) is 1.82. The Balaban J connectivity index is 2.20. The molecule has 2 rings (SSSR count). The number of hydrogen-bond donors (Lipinski definition) is 0. The maximum atomic E-state index is 11.5. The number of nitrogens with zero attached hydrogens (tertiary/aromatic N) is 2. The molecule has 0 spiro atoms. The van der Waals surface area contributed by atoms with Crippen LogP contribution >= 0.6 is 0 Å². The van der Waals surface area contributed by atoms with Crippen molar-refractivity contribution in [3.8, 4) is 0 Å². The Labute approximate surface area is 100 Å². The number of carbonyl (C=O) groups excluding carboxylic acids is 1. The molecule has 0 unspecified atom stereocenters. The van der Waals surface area contributed by atoms with Crippen molar-refractivity contribution < 1.29 is 9.32 Å². The molecule has 2 aromatic heterocycles. The zero-order valence-electron chi connectivity index (χ0n) is 10.4. The predicted octanol–water partition coefficient (Wildman–Crippen LogP) is 2.73. The third-order valence-electron chi connectivity index (χ3n) is 2.92. The van der Waals surface area contributed by atoms with Crippen LogP contribution in [0.25, 0.3) is 0 Å². The van der Waals surface area contributed by atoms with Gasteiger partial charge in [-0.1, -0.05) is 12.1 Å². The van der Waals surface area contributed by atoms with Crippen molar-refractivity contribution in [2.24, 2.45) is 0 Å². The van der Waals surface area contributed by atoms with E-state index in [4.69, 9.17) is 4.52 Å². The molecule has 17 heavy (non-hydrogen) atoms. The lowest BCUT2D eigenvalue weighted by atomic mass is 10.2. The zero-order valence-corrected chi connectivity index (χ0v) is 10.4. The Hall–Kier alpha value is -1.84. The molecule has 0 saturated heterocycles. The molecule has 0 N–H and O–H groups in total. The molecule has 0 aliphatic heterocycles. The van der Waals surface area contributed by atoms with Crippen molar-refractivity contribution in [2.75, 3.05) is 0 Å². The lowest BCUT2D eigenvalue weighted by molar-refractivity contribution is 0.0988. The van der Waals surface area contributed by atoms with E-state index in [1.165, 1.54) is 0 Å². The van der Waals surface area contributed by atoms with Crippen molar-refractivity contribution >= 4 is 5.78 Å². The Morgan fingerprint density at radius 1 is 1.47 bits per heavy atom. The number of aryl methyl sites for hydroxylation is 2. The van der Waals surface area contributed by atoms with E-state index in [-0.39, 0.29) is 5.78 Å². The molecule has 0 aromatic carbocycles. The topological polar surface area (TPSA) is 48.0 Å². The number of rotatable bonds is 4. The van der Waals surface area contributed by atoms with Gasteiger partial charge in [0.2, 0.25) is 0 Å². The van der Waals surface area contributed by atoms with Gasteiger partial charge < -0.3 is 9.09 Å². The van der Waals surface area contributed by atoms with Gasteiger partial charge in [-0.05, 0) is 19.9 Å². The molecule has 90 valence electrons. The molecule has 0 aliphatic rings. The summed E-state index contributed by atoms with van der Waals surface area (Å²) in [5, 5.41) is 3.92. The van der Waals surface area contributed by atoms with Gasteiger partial charge in [-0.15, -0.1) is 0 Å². The summed E-state index contributed by atoms with van der Waals surface area (Å²) in [6.45, 7) is 6.39. The van der Waals surface area contributed by atoms with E-state index >= 15 is 0 Å². The van der Waals surface area contributed by atoms with Gasteiger partial charge in [0, 0.05) is 29.9 Å². The molecule has 0 atom stereocenters. The lowest BCUT2D eigenvalue weighted by Gasteiger charge is -2.01. The minimum absolute atomic E-state index is 0.169. The first kappa shape index (κ1) is 11.6. The van der Waals surface area contributed by atoms with Crippen LogP contribution in [0.4, 0.5) is 0 Å². The van der Waals surface area contributed by atoms with Crippen molar-refractivity contribution in [3.63, 3.8) is 0 Å². The number of ketones is 1. The first-order valence-corrected chi connectivity index (χ1v) is 5.72. The maximum Gasteiger partial charge on any atom is 0.164 e. The highest BCUT2D eigenvalue weighted by atomic mass is 16.5. The van der Waals surface area contributed by atoms with E-state index < -0.39 is 0 Å². The van der Waals surface area contributed by atoms with Crippen LogP contribution in [0.5, 0.6) is 0 Å². The Kier molecular flexibility index (Phi) is 3.13. The average molecular weight is 232 g/mol. The summed E-state index contributed by atoms with van der Waals surface area (Å²) in [5.74, 6) is 1.00. The van der Waals surface area contributed by atoms with Gasteiger partial charge in [-0.25, -0.2) is 0 Å². The van der Waals surface area contributed by atoms with Gasteiger partial charge in [0.25, 0.3) is 0 Å². The number of hydrogen-bond acceptors (Lipinski definition) is 3. The van der Waals surface area contributed by atoms with E-state index in [2.05, 4.69) is 5.16 Å². The minimum Gasteiger partial charge on any atom is -0.361 e. The molecule has 0 bridgehead atoms. The van der Waals surface area contributed by atoms with E-state index in [0.29, 0.717) is 13.0 Å². The van der Waals surface area contributed by atoms with Crippen LogP contribution in [0.2, 0.25) is 0 Å². The second-order valence-electron chi connectivity index (χ2n) is 4.15. The van der Waals surface area contributed by atoms with Crippen LogP contribution in [0.1, 0.15) is 40.7 Å². The quantitative estimate of drug-likeness (QED) is 0.761. The molecule has 0 amide bonds. The van der Waals surface area contributed by atoms with Gasteiger partial charge in [-0.2, -0.15) is 0 Å². The second-order valence-corrected chi connectivity index (χ2v) is 4.15. The molecule has 2 aromatic rings. The van der Waals surface area contributed by atoms with Crippen LogP contribution in [0, 0.1) is 13.8 Å². The summed E-state index contributed by atoms with van der Waals surface area (Å²) >= 11 is 0. The Morgan fingerprint density at radius 3 is 2.82 bits per heavy atom. The summed E-state index contributed by atoms with van der Waals surface area (Å²) in [4.78, 5) is 11.5. The van der Waals surface area contributed by atoms with Gasteiger partial charge >= 0.3 is 0 Å². The fourth-order valence-electron chi connectivity index (χ4n) is 1.82. The van der Waals surface area contributed by atoms with Crippen molar-refractivity contribution in [3.05, 3.63) is 41.0 Å². The van der Waals surface area contributed by atoms with Crippen LogP contribution in [0.3, 0.4) is 0 Å². The first-order valence-electron chi connectivity index (χ1n) is 5.72. The van der Waals surface area contributed by atoms with Crippen molar-refractivity contribution in [2.45, 2.75) is 33.7 Å². The third kappa shape index (κ3) is 2.30. The summed E-state index contributed by atoms with van der Waals surface area (Å²) in [6, 6.07) is 1.85. The molecular weight excluding hydrogens is 216 g/mol. The smallest absolute Gasteiger partial charge is 0.164 e. The summed E-state index contributed by atoms with van der Waals surface area (Å²) in [5.41, 5.74) is 2.75. The molecule has 0 saturated carbocycles. The molecule has 0 radical (unpaired) electrons. The highest BCUT2D eigenvalue weighted by molar-refractivity contribution is 5.95. The monoisotopic (exact) mass is 232 g/mol. The third-order valence-corrected chi connectivity index (χ3v) is 2.92. The Morgan fingerprint density at radius 2 is 2.24 bits per heavy atom. The predicted molar refractivity (Wildman–Crippen MR) is 64.1 cm³/mol. The molecular formula is C13H16N2O2. The van der Waals surface area contributed by atoms with Crippen LogP contribution in [0.15, 0.2) is 23.0 Å². The fraction of sp³-hybridized carbons (Fsp3) is 0.385. The molecule has 4 nitrogen and oxygen atoms in total. The Bertz CT molecular complexity index is 518. The molecule has 4 heteroatoms. The van der Waals surface area contributed by atoms with Crippen molar-refractivity contribution in [1.82, 2.24) is 9.72 Å². The highest BCUT2D eigenvalue weighted by Crippen LogP contribution is 2.15. The second kappa shape index (κ2) is 4.57. The van der Waals surface area contributed by atoms with E-state index in [1.807, 2.05) is 43.8 Å². The first-order chi connectivity index (χ1) is 8.11. The summed E-state index contributed by atoms with van der Waals surface area (Å²) in [7, 11) is 0. The van der Waals surface area contributed by atoms with Gasteiger partial charge in [0.1, 0.15) is 5.76 Å². The SMILES string of the molecule is CCC(=O)c1ccn(Cc2c(C)noc2C)c1. The maximum absolute atomic E-state index is 11.5. The highest BCUT2D eigenvalue weighted by Gasteiger charge is 2.10. The number of Topliss-reactive ketones (excluding diaryl/α,β-unsaturated/α-hetero) is 1. The normalized spacial score (nSPS) is 10.8. The lowest BCUT2D eigenvalue weighted by Crippen LogP contribution is -2.00. The van der Waals surface area contributed by atoms with Crippen LogP contribution in [-0.4, -0.2) is 15.5 Å². The average Bonchev–Trinajstić information content (AvgIpc) is 2.90. The van der Waals surface area contributed by atoms with Crippen LogP contribution < -0.4 is 0 Å². The van der Waals surface area contributed by atoms with E-state index in [9.17, 15) is 4.79 Å². The summed E-state index contributed by atoms with van der Waals surface area (Å²) in [6.07, 6.45) is 4.32. The standard InChI is InChI=1S/C13H16N2O2/c1-4-13(16)11-5-6-15(7-11)8-12-9(2)14-17-10(12)3/h5-7H,4,8H2,1-3H3. The van der Waals surface area contributed by atoms with Gasteiger partial charge in [0.05, 0.1) is 12.2 Å². The molecule has 0 fully saturated rings.